The zero-order valence-electron chi connectivity index (χ0n) is 15.9. The van der Waals surface area contributed by atoms with E-state index in [-0.39, 0.29) is 22.2 Å². The molecule has 7 nitrogen and oxygen atoms in total. The molecule has 0 N–H and O–H groups in total. The Morgan fingerprint density at radius 2 is 1.77 bits per heavy atom. The van der Waals surface area contributed by atoms with Gasteiger partial charge in [0.2, 0.25) is 0 Å². The number of hydrogen-bond acceptors (Lipinski definition) is 5. The van der Waals surface area contributed by atoms with Gasteiger partial charge < -0.3 is 9.64 Å². The lowest BCUT2D eigenvalue weighted by molar-refractivity contribution is 0.0298. The van der Waals surface area contributed by atoms with Crippen molar-refractivity contribution in [2.45, 2.75) is 10.6 Å². The van der Waals surface area contributed by atoms with E-state index in [1.54, 1.807) is 27.8 Å². The van der Waals surface area contributed by atoms with Gasteiger partial charge in [-0.05, 0) is 34.1 Å². The second-order valence-corrected chi connectivity index (χ2v) is 9.98. The molecule has 5 rings (SSSR count). The van der Waals surface area contributed by atoms with E-state index in [1.807, 2.05) is 30.3 Å². The zero-order chi connectivity index (χ0) is 20.9. The molecule has 0 spiro atoms. The van der Waals surface area contributed by atoms with E-state index >= 15 is 0 Å². The minimum Gasteiger partial charge on any atom is -0.378 e. The van der Waals surface area contributed by atoms with Gasteiger partial charge in [0.15, 0.2) is 15.5 Å². The fourth-order valence-electron chi connectivity index (χ4n) is 3.98. The van der Waals surface area contributed by atoms with Crippen molar-refractivity contribution in [3.05, 3.63) is 64.3 Å². The molecule has 2 aromatic carbocycles. The summed E-state index contributed by atoms with van der Waals surface area (Å²) in [5, 5.41) is 4.64. The van der Waals surface area contributed by atoms with Gasteiger partial charge in [0, 0.05) is 28.7 Å². The van der Waals surface area contributed by atoms with Crippen molar-refractivity contribution >= 4 is 31.7 Å². The molecule has 9 heteroatoms. The molecular formula is C21H18BrN3O4S. The molecule has 0 radical (unpaired) electrons. The van der Waals surface area contributed by atoms with Crippen LogP contribution < -0.4 is 0 Å². The van der Waals surface area contributed by atoms with Crippen LogP contribution in [0.5, 0.6) is 0 Å². The predicted octanol–water partition coefficient (Wildman–Crippen LogP) is 3.06. The molecule has 1 amide bonds. The summed E-state index contributed by atoms with van der Waals surface area (Å²) in [6.07, 6.45) is 0. The van der Waals surface area contributed by atoms with Crippen LogP contribution in [0.4, 0.5) is 0 Å². The van der Waals surface area contributed by atoms with Crippen molar-refractivity contribution < 1.29 is 17.9 Å². The molecule has 0 saturated carbocycles. The number of morpholine rings is 1. The van der Waals surface area contributed by atoms with Crippen LogP contribution in [0, 0.1) is 0 Å². The minimum atomic E-state index is -3.64. The number of carbonyl (C=O) groups is 1. The highest BCUT2D eigenvalue weighted by Crippen LogP contribution is 2.43. The van der Waals surface area contributed by atoms with Crippen LogP contribution >= 0.6 is 15.9 Å². The number of ether oxygens (including phenoxy) is 1. The standard InChI is InChI=1S/C21H18BrN3O4S/c22-17-8-4-7-15-19-16(13-30(27,28)20(15)17)18(21(26)24-9-11-29-12-10-24)23-25(19)14-5-2-1-3-6-14/h1-8H,9-13H2. The van der Waals surface area contributed by atoms with Gasteiger partial charge in [-0.3, -0.25) is 4.79 Å². The summed E-state index contributed by atoms with van der Waals surface area (Å²) in [6, 6.07) is 14.7. The zero-order valence-corrected chi connectivity index (χ0v) is 18.3. The number of halogens is 1. The molecule has 30 heavy (non-hydrogen) atoms. The predicted molar refractivity (Wildman–Crippen MR) is 114 cm³/mol. The number of carbonyl (C=O) groups excluding carboxylic acids is 1. The molecule has 0 bridgehead atoms. The molecule has 0 atom stereocenters. The second kappa shape index (κ2) is 7.33. The number of aromatic nitrogens is 2. The average Bonchev–Trinajstić information content (AvgIpc) is 3.13. The van der Waals surface area contributed by atoms with Crippen LogP contribution in [-0.4, -0.2) is 55.3 Å². The highest BCUT2D eigenvalue weighted by Gasteiger charge is 2.38. The lowest BCUT2D eigenvalue weighted by Crippen LogP contribution is -2.41. The van der Waals surface area contributed by atoms with Crippen molar-refractivity contribution in [1.82, 2.24) is 14.7 Å². The van der Waals surface area contributed by atoms with Crippen LogP contribution in [0.2, 0.25) is 0 Å². The largest absolute Gasteiger partial charge is 0.378 e. The SMILES string of the molecule is O=C(c1nn(-c2ccccc2)c2c1CS(=O)(=O)c1c(Br)cccc1-2)N1CCOCC1. The van der Waals surface area contributed by atoms with Gasteiger partial charge in [0.05, 0.1) is 35.2 Å². The Balaban J connectivity index is 1.78. The first-order valence-corrected chi connectivity index (χ1v) is 12.0. The third-order valence-corrected chi connectivity index (χ3v) is 8.01. The summed E-state index contributed by atoms with van der Waals surface area (Å²) in [5.74, 6) is -0.534. The fraction of sp³-hybridized carbons (Fsp3) is 0.238. The maximum absolute atomic E-state index is 13.3. The Bertz CT molecular complexity index is 1250. The normalized spacial score (nSPS) is 17.3. The molecule has 0 unspecified atom stereocenters. The van der Waals surface area contributed by atoms with E-state index in [1.165, 1.54) is 0 Å². The van der Waals surface area contributed by atoms with E-state index in [9.17, 15) is 13.2 Å². The fourth-order valence-corrected chi connectivity index (χ4v) is 6.75. The summed E-state index contributed by atoms with van der Waals surface area (Å²) >= 11 is 3.39. The number of sulfone groups is 1. The molecule has 3 heterocycles. The number of amides is 1. The van der Waals surface area contributed by atoms with Gasteiger partial charge in [-0.15, -0.1) is 0 Å². The average molecular weight is 488 g/mol. The monoisotopic (exact) mass is 487 g/mol. The van der Waals surface area contributed by atoms with Gasteiger partial charge in [-0.25, -0.2) is 13.1 Å². The Hall–Kier alpha value is -2.49. The van der Waals surface area contributed by atoms with Crippen LogP contribution in [0.15, 0.2) is 57.9 Å². The summed E-state index contributed by atoms with van der Waals surface area (Å²) in [5.41, 5.74) is 2.58. The Morgan fingerprint density at radius 1 is 1.03 bits per heavy atom. The Kier molecular flexibility index (Phi) is 4.76. The summed E-state index contributed by atoms with van der Waals surface area (Å²) < 4.78 is 33.8. The number of nitrogens with zero attached hydrogens (tertiary/aromatic N) is 3. The highest BCUT2D eigenvalue weighted by molar-refractivity contribution is 9.10. The van der Waals surface area contributed by atoms with Crippen LogP contribution in [0.3, 0.4) is 0 Å². The van der Waals surface area contributed by atoms with Gasteiger partial charge in [0.25, 0.3) is 5.91 Å². The van der Waals surface area contributed by atoms with Gasteiger partial charge in [-0.2, -0.15) is 5.10 Å². The molecule has 154 valence electrons. The van der Waals surface area contributed by atoms with Crippen molar-refractivity contribution in [2.75, 3.05) is 26.3 Å². The van der Waals surface area contributed by atoms with E-state index in [0.717, 1.165) is 5.69 Å². The topological polar surface area (TPSA) is 81.5 Å². The molecule has 1 fully saturated rings. The van der Waals surface area contributed by atoms with Crippen molar-refractivity contribution in [3.8, 4) is 16.9 Å². The molecular weight excluding hydrogens is 470 g/mol. The third-order valence-electron chi connectivity index (χ3n) is 5.35. The number of benzene rings is 2. The minimum absolute atomic E-state index is 0.185. The Labute approximate surface area is 182 Å². The maximum atomic E-state index is 13.3. The Morgan fingerprint density at radius 3 is 2.50 bits per heavy atom. The first-order chi connectivity index (χ1) is 14.5. The van der Waals surface area contributed by atoms with Gasteiger partial charge in [0.1, 0.15) is 0 Å². The highest BCUT2D eigenvalue weighted by atomic mass is 79.9. The number of para-hydroxylation sites is 1. The summed E-state index contributed by atoms with van der Waals surface area (Å²) in [7, 11) is -3.64. The van der Waals surface area contributed by atoms with Crippen molar-refractivity contribution in [3.63, 3.8) is 0 Å². The molecule has 2 aliphatic rings. The van der Waals surface area contributed by atoms with Gasteiger partial charge >= 0.3 is 0 Å². The van der Waals surface area contributed by atoms with Crippen molar-refractivity contribution in [2.24, 2.45) is 0 Å². The summed E-state index contributed by atoms with van der Waals surface area (Å²) in [4.78, 5) is 15.2. The van der Waals surface area contributed by atoms with Crippen LogP contribution in [0.25, 0.3) is 16.9 Å². The van der Waals surface area contributed by atoms with E-state index in [4.69, 9.17) is 4.74 Å². The smallest absolute Gasteiger partial charge is 0.274 e. The van der Waals surface area contributed by atoms with Crippen LogP contribution in [0.1, 0.15) is 16.1 Å². The lowest BCUT2D eigenvalue weighted by Gasteiger charge is -2.26. The quantitative estimate of drug-likeness (QED) is 0.554. The summed E-state index contributed by atoms with van der Waals surface area (Å²) in [6.45, 7) is 1.84. The maximum Gasteiger partial charge on any atom is 0.274 e. The third kappa shape index (κ3) is 3.08. The number of rotatable bonds is 2. The van der Waals surface area contributed by atoms with E-state index in [0.29, 0.717) is 47.6 Å². The molecule has 3 aromatic rings. The molecule has 0 aliphatic carbocycles. The van der Waals surface area contributed by atoms with E-state index < -0.39 is 9.84 Å². The second-order valence-electron chi connectivity index (χ2n) is 7.20. The molecule has 2 aliphatic heterocycles. The van der Waals surface area contributed by atoms with Crippen molar-refractivity contribution in [1.29, 1.82) is 0 Å². The van der Waals surface area contributed by atoms with E-state index in [2.05, 4.69) is 21.0 Å². The number of fused-ring (bicyclic) bond motifs is 3. The molecule has 1 saturated heterocycles. The molecule has 1 aromatic heterocycles. The number of hydrogen-bond donors (Lipinski definition) is 0. The lowest BCUT2D eigenvalue weighted by atomic mass is 10.0. The van der Waals surface area contributed by atoms with Gasteiger partial charge in [-0.1, -0.05) is 30.3 Å². The van der Waals surface area contributed by atoms with Crippen LogP contribution in [-0.2, 0) is 20.3 Å². The first-order valence-electron chi connectivity index (χ1n) is 9.53. The first kappa shape index (κ1) is 19.5.